The third-order valence-corrected chi connectivity index (χ3v) is 6.63. The van der Waals surface area contributed by atoms with E-state index in [4.69, 9.17) is 0 Å². The van der Waals surface area contributed by atoms with Crippen LogP contribution in [-0.4, -0.2) is 35.0 Å². The molecule has 0 fully saturated rings. The van der Waals surface area contributed by atoms with Crippen molar-refractivity contribution in [3.63, 3.8) is 0 Å². The molecule has 1 amide bonds. The summed E-state index contributed by atoms with van der Waals surface area (Å²) in [5.74, 6) is -0.475. The van der Waals surface area contributed by atoms with E-state index >= 15 is 0 Å². The highest BCUT2D eigenvalue weighted by atomic mass is 32.2. The van der Waals surface area contributed by atoms with E-state index in [0.29, 0.717) is 17.8 Å². The summed E-state index contributed by atoms with van der Waals surface area (Å²) in [5.41, 5.74) is 0.989. The zero-order valence-electron chi connectivity index (χ0n) is 15.9. The van der Waals surface area contributed by atoms with Gasteiger partial charge in [-0.3, -0.25) is 9.52 Å². The Morgan fingerprint density at radius 3 is 2.31 bits per heavy atom. The molecule has 0 unspecified atom stereocenters. The molecular formula is C19H23N3O5S2. The van der Waals surface area contributed by atoms with Gasteiger partial charge in [0.15, 0.2) is 0 Å². The Labute approximate surface area is 171 Å². The van der Waals surface area contributed by atoms with Gasteiger partial charge in [0.25, 0.3) is 5.91 Å². The molecule has 29 heavy (non-hydrogen) atoms. The second-order valence-corrected chi connectivity index (χ2v) is 9.73. The van der Waals surface area contributed by atoms with Gasteiger partial charge in [0, 0.05) is 23.5 Å². The molecule has 0 aliphatic heterocycles. The van der Waals surface area contributed by atoms with Gasteiger partial charge in [-0.15, -0.1) is 6.58 Å². The summed E-state index contributed by atoms with van der Waals surface area (Å²) in [6.45, 7) is 5.30. The fraction of sp³-hybridized carbons (Fsp3) is 0.211. The molecule has 0 aliphatic carbocycles. The number of hydrogen-bond acceptors (Lipinski definition) is 5. The molecule has 2 aromatic rings. The van der Waals surface area contributed by atoms with Crippen LogP contribution >= 0.6 is 0 Å². The monoisotopic (exact) mass is 437 g/mol. The predicted octanol–water partition coefficient (Wildman–Crippen LogP) is 2.55. The molecule has 0 spiro atoms. The topological polar surface area (TPSA) is 121 Å². The van der Waals surface area contributed by atoms with Crippen molar-refractivity contribution in [2.75, 3.05) is 22.3 Å². The fourth-order valence-corrected chi connectivity index (χ4v) is 4.56. The van der Waals surface area contributed by atoms with Crippen molar-refractivity contribution in [2.45, 2.75) is 18.2 Å². The highest BCUT2D eigenvalue weighted by Crippen LogP contribution is 2.17. The second kappa shape index (κ2) is 9.68. The molecule has 156 valence electrons. The van der Waals surface area contributed by atoms with Crippen LogP contribution in [0.2, 0.25) is 0 Å². The minimum Gasteiger partial charge on any atom is -0.322 e. The lowest BCUT2D eigenvalue weighted by molar-refractivity contribution is 0.102. The predicted molar refractivity (Wildman–Crippen MR) is 114 cm³/mol. The molecule has 3 N–H and O–H groups in total. The van der Waals surface area contributed by atoms with Crippen molar-refractivity contribution in [1.29, 1.82) is 0 Å². The van der Waals surface area contributed by atoms with Gasteiger partial charge < -0.3 is 5.32 Å². The van der Waals surface area contributed by atoms with Crippen molar-refractivity contribution < 1.29 is 21.6 Å². The molecule has 0 aliphatic rings. The van der Waals surface area contributed by atoms with E-state index in [1.54, 1.807) is 19.1 Å². The Kier molecular flexibility index (Phi) is 7.54. The maximum Gasteiger partial charge on any atom is 0.255 e. The van der Waals surface area contributed by atoms with Gasteiger partial charge in [-0.25, -0.2) is 21.6 Å². The molecule has 0 heterocycles. The Hall–Kier alpha value is -2.69. The molecule has 8 nitrogen and oxygen atoms in total. The van der Waals surface area contributed by atoms with E-state index in [-0.39, 0.29) is 22.8 Å². The van der Waals surface area contributed by atoms with Crippen LogP contribution in [-0.2, 0) is 20.0 Å². The van der Waals surface area contributed by atoms with Crippen molar-refractivity contribution in [3.05, 3.63) is 66.7 Å². The Balaban J connectivity index is 2.11. The van der Waals surface area contributed by atoms with Crippen LogP contribution in [0.4, 0.5) is 11.4 Å². The van der Waals surface area contributed by atoms with Gasteiger partial charge in [-0.05, 0) is 48.9 Å². The molecule has 0 radical (unpaired) electrons. The molecule has 10 heteroatoms. The first-order valence-corrected chi connectivity index (χ1v) is 11.9. The van der Waals surface area contributed by atoms with Gasteiger partial charge in [-0.2, -0.15) is 0 Å². The van der Waals surface area contributed by atoms with Crippen LogP contribution in [0.1, 0.15) is 23.7 Å². The largest absolute Gasteiger partial charge is 0.322 e. The summed E-state index contributed by atoms with van der Waals surface area (Å²) in [7, 11) is -7.14. The first-order valence-electron chi connectivity index (χ1n) is 8.79. The van der Waals surface area contributed by atoms with E-state index < -0.39 is 26.0 Å². The molecule has 0 saturated carbocycles. The van der Waals surface area contributed by atoms with Crippen molar-refractivity contribution in [3.8, 4) is 0 Å². The summed E-state index contributed by atoms with van der Waals surface area (Å²) in [4.78, 5) is 12.4. The molecule has 0 saturated heterocycles. The smallest absolute Gasteiger partial charge is 0.255 e. The van der Waals surface area contributed by atoms with Crippen LogP contribution in [0, 0.1) is 0 Å². The third-order valence-electron chi connectivity index (χ3n) is 3.71. The maximum absolute atomic E-state index is 12.5. The minimum atomic E-state index is -3.75. The van der Waals surface area contributed by atoms with Crippen LogP contribution in [0.25, 0.3) is 0 Å². The standard InChI is InChI=1S/C19H23N3O5S2/c1-3-12-20-29(26,27)18-7-5-6-15(14-18)19(23)21-16-8-10-17(11-9-16)22-28(24,25)13-4-2/h3,5-11,14,20,22H,1,4,12-13H2,2H3,(H,21,23). The van der Waals surface area contributed by atoms with Crippen molar-refractivity contribution in [1.82, 2.24) is 4.72 Å². The Morgan fingerprint density at radius 1 is 1.03 bits per heavy atom. The second-order valence-electron chi connectivity index (χ2n) is 6.12. The summed E-state index contributed by atoms with van der Waals surface area (Å²) in [6, 6.07) is 11.8. The first kappa shape index (κ1) is 22.6. The van der Waals surface area contributed by atoms with E-state index in [1.807, 2.05) is 0 Å². The summed E-state index contributed by atoms with van der Waals surface area (Å²) in [5, 5.41) is 2.65. The summed E-state index contributed by atoms with van der Waals surface area (Å²) < 4.78 is 52.7. The number of sulfonamides is 2. The van der Waals surface area contributed by atoms with Gasteiger partial charge in [0.05, 0.1) is 10.6 Å². The zero-order valence-corrected chi connectivity index (χ0v) is 17.5. The number of carbonyl (C=O) groups excluding carboxylic acids is 1. The molecular weight excluding hydrogens is 414 g/mol. The van der Waals surface area contributed by atoms with Crippen molar-refractivity contribution in [2.24, 2.45) is 0 Å². The highest BCUT2D eigenvalue weighted by molar-refractivity contribution is 7.92. The lowest BCUT2D eigenvalue weighted by atomic mass is 10.2. The van der Waals surface area contributed by atoms with Gasteiger partial charge >= 0.3 is 0 Å². The van der Waals surface area contributed by atoms with E-state index in [2.05, 4.69) is 21.3 Å². The lowest BCUT2D eigenvalue weighted by Crippen LogP contribution is -2.24. The number of anilines is 2. The Morgan fingerprint density at radius 2 is 1.69 bits per heavy atom. The van der Waals surface area contributed by atoms with Crippen LogP contribution in [0.5, 0.6) is 0 Å². The molecule has 0 aromatic heterocycles. The summed E-state index contributed by atoms with van der Waals surface area (Å²) >= 11 is 0. The zero-order chi connectivity index (χ0) is 21.5. The number of carbonyl (C=O) groups is 1. The number of rotatable bonds is 10. The van der Waals surface area contributed by atoms with Crippen LogP contribution in [0.15, 0.2) is 66.1 Å². The SMILES string of the molecule is C=CCNS(=O)(=O)c1cccc(C(=O)Nc2ccc(NS(=O)(=O)CCC)cc2)c1. The van der Waals surface area contributed by atoms with E-state index in [1.165, 1.54) is 42.5 Å². The number of benzene rings is 2. The fourth-order valence-electron chi connectivity index (χ4n) is 2.38. The Bertz CT molecular complexity index is 1080. The van der Waals surface area contributed by atoms with Crippen molar-refractivity contribution >= 4 is 37.3 Å². The average molecular weight is 438 g/mol. The van der Waals surface area contributed by atoms with Crippen LogP contribution in [0.3, 0.4) is 0 Å². The van der Waals surface area contributed by atoms with E-state index in [0.717, 1.165) is 0 Å². The minimum absolute atomic E-state index is 0.0202. The number of hydrogen-bond donors (Lipinski definition) is 3. The van der Waals surface area contributed by atoms with Gasteiger partial charge in [0.2, 0.25) is 20.0 Å². The first-order chi connectivity index (χ1) is 13.7. The van der Waals surface area contributed by atoms with Gasteiger partial charge in [-0.1, -0.05) is 19.1 Å². The molecule has 2 rings (SSSR count). The quantitative estimate of drug-likeness (QED) is 0.493. The molecule has 0 atom stereocenters. The average Bonchev–Trinajstić information content (AvgIpc) is 2.67. The molecule has 2 aromatic carbocycles. The summed E-state index contributed by atoms with van der Waals surface area (Å²) in [6.07, 6.45) is 1.92. The normalized spacial score (nSPS) is 11.6. The lowest BCUT2D eigenvalue weighted by Gasteiger charge is -2.10. The number of amides is 1. The third kappa shape index (κ3) is 6.70. The van der Waals surface area contributed by atoms with E-state index in [9.17, 15) is 21.6 Å². The highest BCUT2D eigenvalue weighted by Gasteiger charge is 2.16. The van der Waals surface area contributed by atoms with Gasteiger partial charge in [0.1, 0.15) is 0 Å². The van der Waals surface area contributed by atoms with Crippen LogP contribution < -0.4 is 14.8 Å². The number of nitrogens with one attached hydrogen (secondary N) is 3. The molecule has 0 bridgehead atoms. The maximum atomic E-state index is 12.5.